The summed E-state index contributed by atoms with van der Waals surface area (Å²) in [5.74, 6) is -0.756. The second kappa shape index (κ2) is 9.12. The molecule has 1 aromatic heterocycles. The van der Waals surface area contributed by atoms with Crippen LogP contribution in [0.2, 0.25) is 0 Å². The number of fused-ring (bicyclic) bond motifs is 1. The SMILES string of the molecule is Cn1nc(CC(=O)O[C@@H](C(=O)N2CCCCC2)c2ccccc2)c2ccccc2c1=O. The maximum Gasteiger partial charge on any atom is 0.313 e. The van der Waals surface area contributed by atoms with Gasteiger partial charge >= 0.3 is 5.97 Å². The predicted octanol–water partition coefficient (Wildman–Crippen LogP) is 2.77. The number of nitrogens with zero attached hydrogens (tertiary/aromatic N) is 3. The Hall–Kier alpha value is -3.48. The van der Waals surface area contributed by atoms with E-state index >= 15 is 0 Å². The van der Waals surface area contributed by atoms with Crippen LogP contribution in [0.5, 0.6) is 0 Å². The van der Waals surface area contributed by atoms with Crippen molar-refractivity contribution >= 4 is 22.6 Å². The number of benzene rings is 2. The van der Waals surface area contributed by atoms with E-state index < -0.39 is 12.1 Å². The normalized spacial score (nSPS) is 14.9. The Balaban J connectivity index is 1.60. The number of carbonyl (C=O) groups excluding carboxylic acids is 2. The van der Waals surface area contributed by atoms with Crippen molar-refractivity contribution in [2.45, 2.75) is 31.8 Å². The van der Waals surface area contributed by atoms with Crippen LogP contribution in [0.15, 0.2) is 59.4 Å². The van der Waals surface area contributed by atoms with Gasteiger partial charge in [-0.3, -0.25) is 14.4 Å². The van der Waals surface area contributed by atoms with E-state index in [2.05, 4.69) is 5.10 Å². The first-order chi connectivity index (χ1) is 15.0. The first kappa shape index (κ1) is 20.8. The van der Waals surface area contributed by atoms with Gasteiger partial charge in [0.25, 0.3) is 11.5 Å². The number of rotatable bonds is 5. The van der Waals surface area contributed by atoms with E-state index in [1.54, 1.807) is 48.3 Å². The predicted molar refractivity (Wildman–Crippen MR) is 116 cm³/mol. The zero-order valence-electron chi connectivity index (χ0n) is 17.5. The molecule has 0 N–H and O–H groups in total. The van der Waals surface area contributed by atoms with Gasteiger partial charge in [-0.2, -0.15) is 5.10 Å². The summed E-state index contributed by atoms with van der Waals surface area (Å²) >= 11 is 0. The molecule has 2 heterocycles. The third-order valence-corrected chi connectivity index (χ3v) is 5.59. The Morgan fingerprint density at radius 3 is 2.32 bits per heavy atom. The van der Waals surface area contributed by atoms with Crippen LogP contribution in [-0.2, 0) is 27.8 Å². The Morgan fingerprint density at radius 2 is 1.61 bits per heavy atom. The second-order valence-corrected chi connectivity index (χ2v) is 7.76. The minimum atomic E-state index is -0.995. The Morgan fingerprint density at radius 1 is 0.968 bits per heavy atom. The van der Waals surface area contributed by atoms with Crippen LogP contribution in [0.4, 0.5) is 0 Å². The number of aryl methyl sites for hydroxylation is 1. The first-order valence-electron chi connectivity index (χ1n) is 10.5. The van der Waals surface area contributed by atoms with E-state index in [-0.39, 0.29) is 17.9 Å². The Kier molecular flexibility index (Phi) is 6.11. The maximum atomic E-state index is 13.2. The molecule has 3 aromatic rings. The largest absolute Gasteiger partial charge is 0.447 e. The van der Waals surface area contributed by atoms with Gasteiger partial charge in [0.2, 0.25) is 6.10 Å². The molecule has 0 unspecified atom stereocenters. The van der Waals surface area contributed by atoms with Crippen LogP contribution >= 0.6 is 0 Å². The second-order valence-electron chi connectivity index (χ2n) is 7.76. The fourth-order valence-corrected chi connectivity index (χ4v) is 3.99. The van der Waals surface area contributed by atoms with Gasteiger partial charge < -0.3 is 9.64 Å². The summed E-state index contributed by atoms with van der Waals surface area (Å²) in [5, 5.41) is 5.37. The number of esters is 1. The monoisotopic (exact) mass is 419 g/mol. The lowest BCUT2D eigenvalue weighted by Gasteiger charge is -2.30. The number of hydrogen-bond acceptors (Lipinski definition) is 5. The third kappa shape index (κ3) is 4.50. The topological polar surface area (TPSA) is 81.5 Å². The van der Waals surface area contributed by atoms with Gasteiger partial charge in [0.05, 0.1) is 17.5 Å². The molecule has 31 heavy (non-hydrogen) atoms. The van der Waals surface area contributed by atoms with Crippen LogP contribution in [0.25, 0.3) is 10.8 Å². The number of aromatic nitrogens is 2. The lowest BCUT2D eigenvalue weighted by Crippen LogP contribution is -2.40. The molecular formula is C24H25N3O4. The standard InChI is InChI=1S/C24H25N3O4/c1-26-23(29)19-13-7-6-12-18(19)20(25-26)16-21(28)31-22(17-10-4-2-5-11-17)24(30)27-14-8-3-9-15-27/h2,4-7,10-13,22H,3,8-9,14-16H2,1H3/t22-/m1/s1. The molecule has 0 spiro atoms. The molecule has 1 aliphatic heterocycles. The molecule has 0 radical (unpaired) electrons. The number of carbonyl (C=O) groups is 2. The van der Waals surface area contributed by atoms with Crippen LogP contribution in [0.1, 0.15) is 36.6 Å². The lowest BCUT2D eigenvalue weighted by atomic mass is 10.1. The van der Waals surface area contributed by atoms with Crippen molar-refractivity contribution in [3.05, 3.63) is 76.2 Å². The van der Waals surface area contributed by atoms with E-state index in [0.29, 0.717) is 35.1 Å². The molecule has 160 valence electrons. The number of likely N-dealkylation sites (tertiary alicyclic amines) is 1. The van der Waals surface area contributed by atoms with Gasteiger partial charge in [0.15, 0.2) is 0 Å². The molecule has 0 bridgehead atoms. The summed E-state index contributed by atoms with van der Waals surface area (Å²) in [4.78, 5) is 40.2. The molecule has 4 rings (SSSR count). The average Bonchev–Trinajstić information content (AvgIpc) is 2.81. The molecule has 1 fully saturated rings. The summed E-state index contributed by atoms with van der Waals surface area (Å²) in [6.07, 6.45) is 1.88. The molecule has 7 heteroatoms. The van der Waals surface area contributed by atoms with Crippen molar-refractivity contribution in [3.63, 3.8) is 0 Å². The van der Waals surface area contributed by atoms with E-state index in [9.17, 15) is 14.4 Å². The molecule has 1 aliphatic rings. The van der Waals surface area contributed by atoms with Crippen LogP contribution < -0.4 is 5.56 Å². The summed E-state index contributed by atoms with van der Waals surface area (Å²) in [5.41, 5.74) is 0.861. The highest BCUT2D eigenvalue weighted by atomic mass is 16.5. The van der Waals surface area contributed by atoms with E-state index in [1.165, 1.54) is 4.68 Å². The molecular weight excluding hydrogens is 394 g/mol. The highest BCUT2D eigenvalue weighted by Crippen LogP contribution is 2.24. The number of piperidine rings is 1. The van der Waals surface area contributed by atoms with Gasteiger partial charge in [0.1, 0.15) is 0 Å². The maximum absolute atomic E-state index is 13.2. The van der Waals surface area contributed by atoms with Crippen molar-refractivity contribution in [2.75, 3.05) is 13.1 Å². The molecule has 1 atom stereocenters. The van der Waals surface area contributed by atoms with Gasteiger partial charge in [-0.05, 0) is 25.3 Å². The summed E-state index contributed by atoms with van der Waals surface area (Å²) in [7, 11) is 1.55. The van der Waals surface area contributed by atoms with E-state index in [0.717, 1.165) is 19.3 Å². The summed E-state index contributed by atoms with van der Waals surface area (Å²) < 4.78 is 6.94. The van der Waals surface area contributed by atoms with Crippen molar-refractivity contribution in [1.82, 2.24) is 14.7 Å². The van der Waals surface area contributed by atoms with Crippen LogP contribution in [0, 0.1) is 0 Å². The number of amides is 1. The molecule has 1 amide bonds. The zero-order valence-corrected chi connectivity index (χ0v) is 17.5. The van der Waals surface area contributed by atoms with Crippen molar-refractivity contribution in [2.24, 2.45) is 7.05 Å². The molecule has 0 aliphatic carbocycles. The first-order valence-corrected chi connectivity index (χ1v) is 10.5. The lowest BCUT2D eigenvalue weighted by molar-refractivity contribution is -0.161. The van der Waals surface area contributed by atoms with Gasteiger partial charge in [-0.1, -0.05) is 48.5 Å². The van der Waals surface area contributed by atoms with Crippen LogP contribution in [-0.4, -0.2) is 39.6 Å². The molecule has 7 nitrogen and oxygen atoms in total. The van der Waals surface area contributed by atoms with Gasteiger partial charge in [-0.15, -0.1) is 0 Å². The Bertz CT molecular complexity index is 1150. The summed E-state index contributed by atoms with van der Waals surface area (Å²) in [6.45, 7) is 1.35. The number of ether oxygens (including phenoxy) is 1. The fourth-order valence-electron chi connectivity index (χ4n) is 3.99. The van der Waals surface area contributed by atoms with Crippen molar-refractivity contribution in [1.29, 1.82) is 0 Å². The molecule has 2 aromatic carbocycles. The van der Waals surface area contributed by atoms with Gasteiger partial charge in [-0.25, -0.2) is 4.68 Å². The average molecular weight is 419 g/mol. The van der Waals surface area contributed by atoms with E-state index in [4.69, 9.17) is 4.74 Å². The third-order valence-electron chi connectivity index (χ3n) is 5.59. The number of hydrogen-bond donors (Lipinski definition) is 0. The fraction of sp³-hybridized carbons (Fsp3) is 0.333. The van der Waals surface area contributed by atoms with Crippen LogP contribution in [0.3, 0.4) is 0 Å². The summed E-state index contributed by atoms with van der Waals surface area (Å²) in [6, 6.07) is 16.1. The zero-order chi connectivity index (χ0) is 21.8. The van der Waals surface area contributed by atoms with E-state index in [1.807, 2.05) is 18.2 Å². The van der Waals surface area contributed by atoms with Crippen molar-refractivity contribution in [3.8, 4) is 0 Å². The van der Waals surface area contributed by atoms with Crippen molar-refractivity contribution < 1.29 is 14.3 Å². The highest BCUT2D eigenvalue weighted by Gasteiger charge is 2.30. The minimum absolute atomic E-state index is 0.134. The smallest absolute Gasteiger partial charge is 0.313 e. The van der Waals surface area contributed by atoms with Gasteiger partial charge in [0, 0.05) is 31.1 Å². The Labute approximate surface area is 180 Å². The molecule has 1 saturated heterocycles. The quantitative estimate of drug-likeness (QED) is 0.594. The minimum Gasteiger partial charge on any atom is -0.447 e. The molecule has 0 saturated carbocycles. The highest BCUT2D eigenvalue weighted by molar-refractivity contribution is 5.89.